The minimum Gasteiger partial charge on any atom is -0.451 e. The summed E-state index contributed by atoms with van der Waals surface area (Å²) in [6.45, 7) is 0.976. The zero-order valence-electron chi connectivity index (χ0n) is 14.8. The third-order valence-electron chi connectivity index (χ3n) is 3.71. The topological polar surface area (TPSA) is 85.4 Å². The fourth-order valence-corrected chi connectivity index (χ4v) is 3.08. The van der Waals surface area contributed by atoms with Crippen LogP contribution in [0, 0.1) is 5.82 Å². The number of amides is 1. The van der Waals surface area contributed by atoms with E-state index in [9.17, 15) is 18.8 Å². The Morgan fingerprint density at radius 1 is 1.07 bits per heavy atom. The van der Waals surface area contributed by atoms with E-state index in [2.05, 4.69) is 10.3 Å². The minimum atomic E-state index is -0.730. The Bertz CT molecular complexity index is 1010. The highest BCUT2D eigenvalue weighted by molar-refractivity contribution is 7.13. The Balaban J connectivity index is 1.54. The lowest BCUT2D eigenvalue weighted by molar-refractivity contribution is -0.119. The molecule has 0 bridgehead atoms. The fraction of sp³-hybridized carbons (Fsp3) is 0.100. The van der Waals surface area contributed by atoms with E-state index in [0.29, 0.717) is 21.8 Å². The molecule has 0 aliphatic carbocycles. The lowest BCUT2D eigenvalue weighted by Crippen LogP contribution is -2.21. The van der Waals surface area contributed by atoms with Crippen molar-refractivity contribution < 1.29 is 23.5 Å². The number of aromatic nitrogens is 1. The first-order chi connectivity index (χ1) is 13.4. The zero-order valence-corrected chi connectivity index (χ0v) is 15.6. The van der Waals surface area contributed by atoms with Gasteiger partial charge in [-0.3, -0.25) is 9.59 Å². The van der Waals surface area contributed by atoms with Gasteiger partial charge in [0.05, 0.1) is 0 Å². The zero-order chi connectivity index (χ0) is 20.1. The summed E-state index contributed by atoms with van der Waals surface area (Å²) >= 11 is 1.21. The van der Waals surface area contributed by atoms with Gasteiger partial charge in [-0.15, -0.1) is 11.3 Å². The van der Waals surface area contributed by atoms with E-state index in [1.807, 2.05) is 0 Å². The van der Waals surface area contributed by atoms with Crippen LogP contribution in [0.4, 0.5) is 10.1 Å². The second-order valence-corrected chi connectivity index (χ2v) is 6.66. The number of nitrogens with zero attached hydrogens (tertiary/aromatic N) is 1. The highest BCUT2D eigenvalue weighted by Crippen LogP contribution is 2.24. The molecule has 1 amide bonds. The number of thiazole rings is 1. The van der Waals surface area contributed by atoms with Crippen LogP contribution in [0.3, 0.4) is 0 Å². The summed E-state index contributed by atoms with van der Waals surface area (Å²) in [6, 6.07) is 12.1. The number of nitrogens with one attached hydrogen (secondary N) is 1. The van der Waals surface area contributed by atoms with Crippen molar-refractivity contribution in [3.8, 4) is 10.6 Å². The first kappa shape index (κ1) is 19.4. The largest absolute Gasteiger partial charge is 0.451 e. The molecule has 0 atom stereocenters. The average Bonchev–Trinajstić information content (AvgIpc) is 3.17. The van der Waals surface area contributed by atoms with Crippen molar-refractivity contribution in [2.24, 2.45) is 0 Å². The Labute approximate surface area is 164 Å². The van der Waals surface area contributed by atoms with E-state index < -0.39 is 18.5 Å². The third kappa shape index (κ3) is 4.86. The number of benzene rings is 2. The van der Waals surface area contributed by atoms with Crippen LogP contribution in [0.2, 0.25) is 0 Å². The van der Waals surface area contributed by atoms with E-state index in [1.54, 1.807) is 36.4 Å². The van der Waals surface area contributed by atoms with Crippen LogP contribution in [-0.2, 0) is 9.53 Å². The molecule has 1 N–H and O–H groups in total. The lowest BCUT2D eigenvalue weighted by Gasteiger charge is -2.06. The van der Waals surface area contributed by atoms with Gasteiger partial charge in [0, 0.05) is 22.2 Å². The van der Waals surface area contributed by atoms with Crippen LogP contribution in [0.5, 0.6) is 0 Å². The first-order valence-electron chi connectivity index (χ1n) is 8.22. The normalized spacial score (nSPS) is 10.4. The standard InChI is InChI=1S/C20H15FN2O4S/c1-12(24)13-4-8-16(9-5-13)22-18(25)10-27-20(26)17-11-28-19(23-17)14-2-6-15(21)7-3-14/h2-9,11H,10H2,1H3,(H,22,25). The average molecular weight is 398 g/mol. The van der Waals surface area contributed by atoms with Crippen LogP contribution in [-0.4, -0.2) is 29.3 Å². The highest BCUT2D eigenvalue weighted by atomic mass is 32.1. The molecule has 142 valence electrons. The summed E-state index contributed by atoms with van der Waals surface area (Å²) in [6.07, 6.45) is 0. The molecule has 28 heavy (non-hydrogen) atoms. The minimum absolute atomic E-state index is 0.0722. The SMILES string of the molecule is CC(=O)c1ccc(NC(=O)COC(=O)c2csc(-c3ccc(F)cc3)n2)cc1. The number of carbonyl (C=O) groups excluding carboxylic acids is 3. The second-order valence-electron chi connectivity index (χ2n) is 5.80. The van der Waals surface area contributed by atoms with Crippen molar-refractivity contribution >= 4 is 34.7 Å². The van der Waals surface area contributed by atoms with Gasteiger partial charge in [0.15, 0.2) is 18.1 Å². The molecule has 0 saturated heterocycles. The number of ether oxygens (including phenoxy) is 1. The molecule has 3 rings (SSSR count). The molecule has 1 heterocycles. The Hall–Kier alpha value is -3.39. The molecule has 6 nitrogen and oxygen atoms in total. The number of Topliss-reactive ketones (excluding diaryl/α,β-unsaturated/α-hetero) is 1. The van der Waals surface area contributed by atoms with Crippen molar-refractivity contribution in [3.63, 3.8) is 0 Å². The summed E-state index contributed by atoms with van der Waals surface area (Å²) in [4.78, 5) is 39.4. The van der Waals surface area contributed by atoms with Gasteiger partial charge in [-0.25, -0.2) is 14.2 Å². The van der Waals surface area contributed by atoms with Gasteiger partial charge in [-0.1, -0.05) is 0 Å². The van der Waals surface area contributed by atoms with Gasteiger partial charge in [0.25, 0.3) is 5.91 Å². The van der Waals surface area contributed by atoms with E-state index in [1.165, 1.54) is 35.8 Å². The molecule has 0 saturated carbocycles. The van der Waals surface area contributed by atoms with Gasteiger partial charge < -0.3 is 10.1 Å². The number of rotatable bonds is 6. The van der Waals surface area contributed by atoms with Gasteiger partial charge in [-0.2, -0.15) is 0 Å². The quantitative estimate of drug-likeness (QED) is 0.502. The fourth-order valence-electron chi connectivity index (χ4n) is 2.28. The van der Waals surface area contributed by atoms with E-state index in [4.69, 9.17) is 4.74 Å². The lowest BCUT2D eigenvalue weighted by atomic mass is 10.1. The van der Waals surface area contributed by atoms with Crippen molar-refractivity contribution in [2.45, 2.75) is 6.92 Å². The molecule has 0 spiro atoms. The molecule has 0 radical (unpaired) electrons. The number of anilines is 1. The number of ketones is 1. The predicted octanol–water partition coefficient (Wildman–Crippen LogP) is 3.95. The van der Waals surface area contributed by atoms with Gasteiger partial charge in [0.1, 0.15) is 10.8 Å². The molecule has 1 aromatic heterocycles. The third-order valence-corrected chi connectivity index (χ3v) is 4.61. The summed E-state index contributed by atoms with van der Waals surface area (Å²) in [5.74, 6) is -1.68. The maximum atomic E-state index is 13.0. The molecule has 3 aromatic rings. The van der Waals surface area contributed by atoms with E-state index in [-0.39, 0.29) is 17.3 Å². The number of carbonyl (C=O) groups is 3. The number of halogens is 1. The molecular weight excluding hydrogens is 383 g/mol. The summed E-state index contributed by atoms with van der Waals surface area (Å²) in [5, 5.41) is 4.63. The summed E-state index contributed by atoms with van der Waals surface area (Å²) in [7, 11) is 0. The predicted molar refractivity (Wildman–Crippen MR) is 103 cm³/mol. The maximum Gasteiger partial charge on any atom is 0.358 e. The number of hydrogen-bond acceptors (Lipinski definition) is 6. The molecule has 0 aliphatic heterocycles. The van der Waals surface area contributed by atoms with E-state index >= 15 is 0 Å². The van der Waals surface area contributed by atoms with Crippen LogP contribution in [0.15, 0.2) is 53.9 Å². The molecule has 8 heteroatoms. The summed E-state index contributed by atoms with van der Waals surface area (Å²) in [5.41, 5.74) is 1.77. The molecular formula is C20H15FN2O4S. The van der Waals surface area contributed by atoms with E-state index in [0.717, 1.165) is 0 Å². The smallest absolute Gasteiger partial charge is 0.358 e. The van der Waals surface area contributed by atoms with Crippen molar-refractivity contribution in [1.29, 1.82) is 0 Å². The Morgan fingerprint density at radius 3 is 2.39 bits per heavy atom. The van der Waals surface area contributed by atoms with Crippen LogP contribution in [0.1, 0.15) is 27.8 Å². The molecule has 0 aliphatic rings. The Kier molecular flexibility index (Phi) is 5.90. The highest BCUT2D eigenvalue weighted by Gasteiger charge is 2.15. The maximum absolute atomic E-state index is 13.0. The summed E-state index contributed by atoms with van der Waals surface area (Å²) < 4.78 is 18.0. The van der Waals surface area contributed by atoms with Crippen LogP contribution >= 0.6 is 11.3 Å². The van der Waals surface area contributed by atoms with Gasteiger partial charge in [0.2, 0.25) is 0 Å². The van der Waals surface area contributed by atoms with Crippen molar-refractivity contribution in [1.82, 2.24) is 4.98 Å². The van der Waals surface area contributed by atoms with Crippen LogP contribution < -0.4 is 5.32 Å². The van der Waals surface area contributed by atoms with Crippen LogP contribution in [0.25, 0.3) is 10.6 Å². The Morgan fingerprint density at radius 2 is 1.75 bits per heavy atom. The first-order valence-corrected chi connectivity index (χ1v) is 9.10. The van der Waals surface area contributed by atoms with Gasteiger partial charge >= 0.3 is 5.97 Å². The molecule has 0 fully saturated rings. The van der Waals surface area contributed by atoms with Crippen molar-refractivity contribution in [2.75, 3.05) is 11.9 Å². The molecule has 2 aromatic carbocycles. The van der Waals surface area contributed by atoms with Gasteiger partial charge in [-0.05, 0) is 55.5 Å². The monoisotopic (exact) mass is 398 g/mol. The number of esters is 1. The van der Waals surface area contributed by atoms with Crippen molar-refractivity contribution in [3.05, 3.63) is 71.0 Å². The second kappa shape index (κ2) is 8.53. The number of hydrogen-bond donors (Lipinski definition) is 1. The molecule has 0 unspecified atom stereocenters.